The molecular weight excluding hydrogens is 412 g/mol. The number of hydrogen-bond donors (Lipinski definition) is 1. The Balaban J connectivity index is 1.92. The van der Waals surface area contributed by atoms with Gasteiger partial charge >= 0.3 is 0 Å². The van der Waals surface area contributed by atoms with Crippen LogP contribution in [0.1, 0.15) is 11.4 Å². The molecule has 0 aliphatic carbocycles. The molecule has 0 fully saturated rings. The van der Waals surface area contributed by atoms with Crippen LogP contribution < -0.4 is 5.32 Å². The van der Waals surface area contributed by atoms with E-state index in [1.807, 2.05) is 54.6 Å². The van der Waals surface area contributed by atoms with E-state index in [9.17, 15) is 0 Å². The quantitative estimate of drug-likeness (QED) is 0.583. The molecule has 4 nitrogen and oxygen atoms in total. The molecule has 134 valence electrons. The highest BCUT2D eigenvalue weighted by molar-refractivity contribution is 9.10. The Morgan fingerprint density at radius 2 is 1.85 bits per heavy atom. The number of likely N-dealkylation sites (N-methyl/N-ethyl adjacent to an activating group) is 1. The molecule has 0 bridgehead atoms. The molecule has 0 spiro atoms. The summed E-state index contributed by atoms with van der Waals surface area (Å²) in [5.74, 6) is 1.51. The van der Waals surface area contributed by atoms with Crippen LogP contribution in [-0.4, -0.2) is 42.1 Å². The summed E-state index contributed by atoms with van der Waals surface area (Å²) < 4.78 is 1.01. The van der Waals surface area contributed by atoms with Crippen LogP contribution in [0.4, 0.5) is 5.82 Å². The van der Waals surface area contributed by atoms with Crippen molar-refractivity contribution in [2.45, 2.75) is 0 Å². The van der Waals surface area contributed by atoms with Crippen LogP contribution in [0, 0.1) is 0 Å². The number of nitrogens with zero attached hydrogens (tertiary/aromatic N) is 3. The first-order chi connectivity index (χ1) is 12.5. The highest BCUT2D eigenvalue weighted by Crippen LogP contribution is 2.25. The molecule has 0 aliphatic heterocycles. The molecule has 1 heterocycles. The lowest BCUT2D eigenvalue weighted by molar-refractivity contribution is 0.425. The SMILES string of the molecule is CN(C)CCNc1nc(/C=C/c2ccc(Cl)cc2)nc2ccc(Br)cc12. The van der Waals surface area contributed by atoms with Crippen LogP contribution in [-0.2, 0) is 0 Å². The van der Waals surface area contributed by atoms with Gasteiger partial charge in [0.2, 0.25) is 0 Å². The zero-order valence-corrected chi connectivity index (χ0v) is 17.0. The van der Waals surface area contributed by atoms with Crippen LogP contribution in [0.3, 0.4) is 0 Å². The van der Waals surface area contributed by atoms with Crippen LogP contribution in [0.2, 0.25) is 5.02 Å². The second-order valence-electron chi connectivity index (χ2n) is 6.21. The molecule has 1 N–H and O–H groups in total. The number of aromatic nitrogens is 2. The van der Waals surface area contributed by atoms with Gasteiger partial charge in [0, 0.05) is 28.0 Å². The monoisotopic (exact) mass is 430 g/mol. The largest absolute Gasteiger partial charge is 0.368 e. The first kappa shape index (κ1) is 18.8. The summed E-state index contributed by atoms with van der Waals surface area (Å²) in [6, 6.07) is 13.7. The smallest absolute Gasteiger partial charge is 0.154 e. The molecule has 0 unspecified atom stereocenters. The Morgan fingerprint density at radius 1 is 1.08 bits per heavy atom. The maximum absolute atomic E-state index is 5.93. The minimum Gasteiger partial charge on any atom is -0.368 e. The summed E-state index contributed by atoms with van der Waals surface area (Å²) in [5.41, 5.74) is 1.96. The molecule has 0 aliphatic rings. The summed E-state index contributed by atoms with van der Waals surface area (Å²) >= 11 is 9.46. The molecular formula is C20H20BrClN4. The van der Waals surface area contributed by atoms with Gasteiger partial charge in [0.1, 0.15) is 5.82 Å². The summed E-state index contributed by atoms with van der Waals surface area (Å²) in [6.45, 7) is 1.74. The van der Waals surface area contributed by atoms with Crippen molar-refractivity contribution >= 4 is 56.4 Å². The topological polar surface area (TPSA) is 41.0 Å². The molecule has 0 saturated heterocycles. The molecule has 26 heavy (non-hydrogen) atoms. The Hall–Kier alpha value is -1.95. The lowest BCUT2D eigenvalue weighted by Crippen LogP contribution is -2.21. The van der Waals surface area contributed by atoms with Crippen molar-refractivity contribution < 1.29 is 0 Å². The van der Waals surface area contributed by atoms with E-state index in [2.05, 4.69) is 45.2 Å². The van der Waals surface area contributed by atoms with Gasteiger partial charge in [-0.1, -0.05) is 45.7 Å². The number of benzene rings is 2. The van der Waals surface area contributed by atoms with E-state index in [0.29, 0.717) is 5.82 Å². The second kappa shape index (κ2) is 8.62. The number of anilines is 1. The molecule has 0 saturated carbocycles. The zero-order valence-electron chi connectivity index (χ0n) is 14.7. The van der Waals surface area contributed by atoms with Crippen molar-refractivity contribution in [2.75, 3.05) is 32.5 Å². The predicted octanol–water partition coefficient (Wildman–Crippen LogP) is 5.19. The lowest BCUT2D eigenvalue weighted by Gasteiger charge is -2.13. The lowest BCUT2D eigenvalue weighted by atomic mass is 10.2. The van der Waals surface area contributed by atoms with E-state index in [1.165, 1.54) is 0 Å². The average molecular weight is 432 g/mol. The normalized spacial score (nSPS) is 11.6. The molecule has 0 amide bonds. The van der Waals surface area contributed by atoms with Gasteiger partial charge in [-0.25, -0.2) is 9.97 Å². The fraction of sp³-hybridized carbons (Fsp3) is 0.200. The van der Waals surface area contributed by atoms with Crippen LogP contribution in [0.5, 0.6) is 0 Å². The van der Waals surface area contributed by atoms with E-state index in [1.54, 1.807) is 0 Å². The maximum Gasteiger partial charge on any atom is 0.154 e. The van der Waals surface area contributed by atoms with E-state index < -0.39 is 0 Å². The summed E-state index contributed by atoms with van der Waals surface area (Å²) in [4.78, 5) is 11.5. The number of nitrogens with one attached hydrogen (secondary N) is 1. The fourth-order valence-electron chi connectivity index (χ4n) is 2.47. The minimum absolute atomic E-state index is 0.669. The molecule has 3 aromatic rings. The van der Waals surface area contributed by atoms with E-state index in [0.717, 1.165) is 44.9 Å². The van der Waals surface area contributed by atoms with Gasteiger partial charge in [-0.3, -0.25) is 0 Å². The van der Waals surface area contributed by atoms with Gasteiger partial charge in [-0.15, -0.1) is 0 Å². The van der Waals surface area contributed by atoms with Gasteiger partial charge in [0.25, 0.3) is 0 Å². The van der Waals surface area contributed by atoms with Crippen molar-refractivity contribution in [3.63, 3.8) is 0 Å². The average Bonchev–Trinajstić information content (AvgIpc) is 2.61. The Morgan fingerprint density at radius 3 is 2.58 bits per heavy atom. The zero-order chi connectivity index (χ0) is 18.5. The third-order valence-corrected chi connectivity index (χ3v) is 4.57. The maximum atomic E-state index is 5.93. The van der Waals surface area contributed by atoms with E-state index in [-0.39, 0.29) is 0 Å². The predicted molar refractivity (Wildman–Crippen MR) is 115 cm³/mol. The van der Waals surface area contributed by atoms with Gasteiger partial charge in [0.05, 0.1) is 5.52 Å². The van der Waals surface area contributed by atoms with Gasteiger partial charge < -0.3 is 10.2 Å². The first-order valence-corrected chi connectivity index (χ1v) is 9.48. The third kappa shape index (κ3) is 5.04. The molecule has 0 radical (unpaired) electrons. The minimum atomic E-state index is 0.669. The second-order valence-corrected chi connectivity index (χ2v) is 7.56. The van der Waals surface area contributed by atoms with Gasteiger partial charge in [-0.2, -0.15) is 0 Å². The van der Waals surface area contributed by atoms with Crippen molar-refractivity contribution in [1.82, 2.24) is 14.9 Å². The van der Waals surface area contributed by atoms with Crippen LogP contribution in [0.15, 0.2) is 46.9 Å². The standard InChI is InChI=1S/C20H20BrClN4/c1-26(2)12-11-23-20-17-13-15(21)6-9-18(17)24-19(25-20)10-5-14-3-7-16(22)8-4-14/h3-10,13H,11-12H2,1-2H3,(H,23,24,25)/b10-5+. The fourth-order valence-corrected chi connectivity index (χ4v) is 2.96. The Labute approximate surface area is 167 Å². The number of rotatable bonds is 6. The summed E-state index contributed by atoms with van der Waals surface area (Å²) in [6.07, 6.45) is 3.90. The summed E-state index contributed by atoms with van der Waals surface area (Å²) in [7, 11) is 4.10. The molecule has 2 aromatic carbocycles. The van der Waals surface area contributed by atoms with Gasteiger partial charge in [-0.05, 0) is 56.1 Å². The molecule has 3 rings (SSSR count). The van der Waals surface area contributed by atoms with E-state index in [4.69, 9.17) is 16.6 Å². The highest BCUT2D eigenvalue weighted by atomic mass is 79.9. The molecule has 1 aromatic heterocycles. The van der Waals surface area contributed by atoms with Crippen molar-refractivity contribution in [2.24, 2.45) is 0 Å². The highest BCUT2D eigenvalue weighted by Gasteiger charge is 2.07. The van der Waals surface area contributed by atoms with Crippen LogP contribution >= 0.6 is 27.5 Å². The first-order valence-electron chi connectivity index (χ1n) is 8.31. The Bertz CT molecular complexity index is 923. The van der Waals surface area contributed by atoms with Crippen molar-refractivity contribution in [3.8, 4) is 0 Å². The molecule has 0 atom stereocenters. The number of fused-ring (bicyclic) bond motifs is 1. The molecule has 6 heteroatoms. The van der Waals surface area contributed by atoms with Crippen LogP contribution in [0.25, 0.3) is 23.1 Å². The summed E-state index contributed by atoms with van der Waals surface area (Å²) in [5, 5.41) is 5.15. The van der Waals surface area contributed by atoms with Gasteiger partial charge in [0.15, 0.2) is 5.82 Å². The van der Waals surface area contributed by atoms with Crippen molar-refractivity contribution in [3.05, 3.63) is 63.3 Å². The van der Waals surface area contributed by atoms with Crippen molar-refractivity contribution in [1.29, 1.82) is 0 Å². The third-order valence-electron chi connectivity index (χ3n) is 3.82. The Kier molecular flexibility index (Phi) is 6.25. The van der Waals surface area contributed by atoms with E-state index >= 15 is 0 Å². The number of hydrogen-bond acceptors (Lipinski definition) is 4. The number of halogens is 2.